The molecule has 1 amide bonds. The van der Waals surface area contributed by atoms with Crippen molar-refractivity contribution in [3.05, 3.63) is 46.2 Å². The quantitative estimate of drug-likeness (QED) is 0.783. The average molecular weight is 233 g/mol. The van der Waals surface area contributed by atoms with Crippen molar-refractivity contribution in [1.82, 2.24) is 0 Å². The summed E-state index contributed by atoms with van der Waals surface area (Å²) >= 11 is 1.48. The maximum absolute atomic E-state index is 11.7. The van der Waals surface area contributed by atoms with Gasteiger partial charge in [-0.15, -0.1) is 0 Å². The molecule has 1 aromatic carbocycles. The molecule has 3 nitrogen and oxygen atoms in total. The first-order valence-corrected chi connectivity index (χ1v) is 5.74. The minimum atomic E-state index is -0.130. The summed E-state index contributed by atoms with van der Waals surface area (Å²) in [5.74, 6) is 0.0704. The topological polar surface area (TPSA) is 49.3 Å². The van der Waals surface area contributed by atoms with Crippen LogP contribution in [0.25, 0.3) is 0 Å². The van der Waals surface area contributed by atoms with Gasteiger partial charge in [0.05, 0.1) is 5.56 Å². The van der Waals surface area contributed by atoms with Gasteiger partial charge in [-0.2, -0.15) is 11.3 Å². The van der Waals surface area contributed by atoms with Gasteiger partial charge in [0.25, 0.3) is 5.91 Å². The fourth-order valence-corrected chi connectivity index (χ4v) is 2.01. The highest BCUT2D eigenvalue weighted by atomic mass is 32.1. The first-order chi connectivity index (χ1) is 7.66. The lowest BCUT2D eigenvalue weighted by Crippen LogP contribution is -2.11. The summed E-state index contributed by atoms with van der Waals surface area (Å²) in [5.41, 5.74) is 2.20. The third kappa shape index (κ3) is 2.23. The van der Waals surface area contributed by atoms with E-state index in [1.54, 1.807) is 29.6 Å². The lowest BCUT2D eigenvalue weighted by molar-refractivity contribution is 0.102. The van der Waals surface area contributed by atoms with Gasteiger partial charge >= 0.3 is 0 Å². The number of rotatable bonds is 2. The number of hydrogen-bond donors (Lipinski definition) is 2. The predicted octanol–water partition coefficient (Wildman–Crippen LogP) is 3.01. The van der Waals surface area contributed by atoms with E-state index in [1.165, 1.54) is 11.3 Å². The zero-order chi connectivity index (χ0) is 11.5. The number of benzene rings is 1. The number of thiophene rings is 1. The van der Waals surface area contributed by atoms with Crippen LogP contribution in [0, 0.1) is 6.92 Å². The zero-order valence-corrected chi connectivity index (χ0v) is 9.54. The highest BCUT2D eigenvalue weighted by molar-refractivity contribution is 7.08. The van der Waals surface area contributed by atoms with Crippen LogP contribution in [0.5, 0.6) is 5.75 Å². The molecule has 2 aromatic rings. The number of hydrogen-bond acceptors (Lipinski definition) is 3. The SMILES string of the molecule is Cc1cc(O)ccc1NC(=O)c1ccsc1. The fraction of sp³-hybridized carbons (Fsp3) is 0.0833. The van der Waals surface area contributed by atoms with Crippen molar-refractivity contribution in [2.24, 2.45) is 0 Å². The van der Waals surface area contributed by atoms with Crippen molar-refractivity contribution < 1.29 is 9.90 Å². The Balaban J connectivity index is 2.18. The molecule has 0 fully saturated rings. The van der Waals surface area contributed by atoms with Gasteiger partial charge in [-0.25, -0.2) is 0 Å². The Morgan fingerprint density at radius 1 is 1.38 bits per heavy atom. The van der Waals surface area contributed by atoms with E-state index >= 15 is 0 Å². The highest BCUT2D eigenvalue weighted by Crippen LogP contribution is 2.21. The second-order valence-corrected chi connectivity index (χ2v) is 4.25. The molecule has 0 aliphatic rings. The number of amides is 1. The number of phenols is 1. The van der Waals surface area contributed by atoms with Gasteiger partial charge in [0.2, 0.25) is 0 Å². The van der Waals surface area contributed by atoms with Gasteiger partial charge in [-0.3, -0.25) is 4.79 Å². The van der Waals surface area contributed by atoms with E-state index in [4.69, 9.17) is 0 Å². The molecular weight excluding hydrogens is 222 g/mol. The van der Waals surface area contributed by atoms with E-state index in [0.29, 0.717) is 11.3 Å². The van der Waals surface area contributed by atoms with E-state index in [1.807, 2.05) is 12.3 Å². The van der Waals surface area contributed by atoms with Crippen LogP contribution in [0.15, 0.2) is 35.0 Å². The highest BCUT2D eigenvalue weighted by Gasteiger charge is 2.07. The van der Waals surface area contributed by atoms with Gasteiger partial charge in [0.1, 0.15) is 5.75 Å². The maximum atomic E-state index is 11.7. The molecule has 4 heteroatoms. The summed E-state index contributed by atoms with van der Waals surface area (Å²) in [5, 5.41) is 15.7. The molecule has 16 heavy (non-hydrogen) atoms. The first-order valence-electron chi connectivity index (χ1n) is 4.80. The Morgan fingerprint density at radius 3 is 2.81 bits per heavy atom. The summed E-state index contributed by atoms with van der Waals surface area (Å²) in [7, 11) is 0. The number of carbonyl (C=O) groups excluding carboxylic acids is 1. The maximum Gasteiger partial charge on any atom is 0.256 e. The van der Waals surface area contributed by atoms with Crippen LogP contribution in [0.3, 0.4) is 0 Å². The standard InChI is InChI=1S/C12H11NO2S/c1-8-6-10(14)2-3-11(8)13-12(15)9-4-5-16-7-9/h2-7,14H,1H3,(H,13,15). The van der Waals surface area contributed by atoms with E-state index in [-0.39, 0.29) is 11.7 Å². The van der Waals surface area contributed by atoms with Crippen LogP contribution in [0.4, 0.5) is 5.69 Å². The van der Waals surface area contributed by atoms with Crippen LogP contribution in [0.1, 0.15) is 15.9 Å². The molecule has 0 saturated heterocycles. The number of aryl methyl sites for hydroxylation is 1. The Bertz CT molecular complexity index is 506. The van der Waals surface area contributed by atoms with Crippen molar-refractivity contribution in [2.45, 2.75) is 6.92 Å². The molecule has 0 spiro atoms. The number of nitrogens with one attached hydrogen (secondary N) is 1. The molecule has 1 heterocycles. The minimum Gasteiger partial charge on any atom is -0.508 e. The van der Waals surface area contributed by atoms with Crippen molar-refractivity contribution in [3.63, 3.8) is 0 Å². The average Bonchev–Trinajstić information content (AvgIpc) is 2.75. The second kappa shape index (κ2) is 4.37. The van der Waals surface area contributed by atoms with E-state index in [0.717, 1.165) is 5.56 Å². The van der Waals surface area contributed by atoms with Gasteiger partial charge < -0.3 is 10.4 Å². The van der Waals surface area contributed by atoms with Crippen LogP contribution in [0.2, 0.25) is 0 Å². The predicted molar refractivity (Wildman–Crippen MR) is 65.1 cm³/mol. The minimum absolute atomic E-state index is 0.130. The van der Waals surface area contributed by atoms with Gasteiger partial charge in [-0.1, -0.05) is 0 Å². The third-order valence-electron chi connectivity index (χ3n) is 2.24. The molecule has 0 atom stereocenters. The van der Waals surface area contributed by atoms with Crippen molar-refractivity contribution in [1.29, 1.82) is 0 Å². The Kier molecular flexibility index (Phi) is 2.92. The zero-order valence-electron chi connectivity index (χ0n) is 8.73. The summed E-state index contributed by atoms with van der Waals surface area (Å²) in [6.07, 6.45) is 0. The van der Waals surface area contributed by atoms with Gasteiger partial charge in [-0.05, 0) is 42.1 Å². The Hall–Kier alpha value is -1.81. The molecule has 0 bridgehead atoms. The molecular formula is C12H11NO2S. The second-order valence-electron chi connectivity index (χ2n) is 3.47. The lowest BCUT2D eigenvalue weighted by Gasteiger charge is -2.07. The largest absolute Gasteiger partial charge is 0.508 e. The molecule has 2 N–H and O–H groups in total. The molecule has 82 valence electrons. The molecule has 1 aromatic heterocycles. The number of anilines is 1. The Labute approximate surface area is 97.4 Å². The summed E-state index contributed by atoms with van der Waals surface area (Å²) in [6.45, 7) is 1.84. The number of phenolic OH excluding ortho intramolecular Hbond substituents is 1. The van der Waals surface area contributed by atoms with Crippen molar-refractivity contribution >= 4 is 22.9 Å². The van der Waals surface area contributed by atoms with Crippen LogP contribution < -0.4 is 5.32 Å². The summed E-state index contributed by atoms with van der Waals surface area (Å²) in [4.78, 5) is 11.7. The third-order valence-corrected chi connectivity index (χ3v) is 2.92. The monoisotopic (exact) mass is 233 g/mol. The first kappa shape index (κ1) is 10.7. The van der Waals surface area contributed by atoms with Crippen LogP contribution in [-0.4, -0.2) is 11.0 Å². The Morgan fingerprint density at radius 2 is 2.19 bits per heavy atom. The van der Waals surface area contributed by atoms with E-state index in [2.05, 4.69) is 5.32 Å². The summed E-state index contributed by atoms with van der Waals surface area (Å²) < 4.78 is 0. The van der Waals surface area contributed by atoms with Crippen LogP contribution >= 0.6 is 11.3 Å². The van der Waals surface area contributed by atoms with Gasteiger partial charge in [0, 0.05) is 11.1 Å². The van der Waals surface area contributed by atoms with E-state index in [9.17, 15) is 9.90 Å². The molecule has 0 radical (unpaired) electrons. The van der Waals surface area contributed by atoms with Crippen molar-refractivity contribution in [2.75, 3.05) is 5.32 Å². The lowest BCUT2D eigenvalue weighted by atomic mass is 10.2. The summed E-state index contributed by atoms with van der Waals surface area (Å²) in [6, 6.07) is 6.63. The number of carbonyl (C=O) groups is 1. The number of aromatic hydroxyl groups is 1. The molecule has 0 unspecified atom stereocenters. The van der Waals surface area contributed by atoms with Crippen LogP contribution in [-0.2, 0) is 0 Å². The molecule has 0 saturated carbocycles. The molecule has 0 aliphatic heterocycles. The smallest absolute Gasteiger partial charge is 0.256 e. The van der Waals surface area contributed by atoms with Gasteiger partial charge in [0.15, 0.2) is 0 Å². The molecule has 0 aliphatic carbocycles. The van der Waals surface area contributed by atoms with E-state index < -0.39 is 0 Å². The fourth-order valence-electron chi connectivity index (χ4n) is 1.38. The van der Waals surface area contributed by atoms with Crippen molar-refractivity contribution in [3.8, 4) is 5.75 Å². The normalized spacial score (nSPS) is 10.1. The molecule has 2 rings (SSSR count).